The third kappa shape index (κ3) is 3.67. The van der Waals surface area contributed by atoms with Gasteiger partial charge in [-0.1, -0.05) is 127 Å². The number of thiophene rings is 1. The number of rotatable bonds is 3. The van der Waals surface area contributed by atoms with Crippen LogP contribution in [0.3, 0.4) is 0 Å². The second-order valence-corrected chi connectivity index (χ2v) is 15.7. The molecule has 8 aromatic carbocycles. The summed E-state index contributed by atoms with van der Waals surface area (Å²) in [6, 6.07) is 62.1. The van der Waals surface area contributed by atoms with E-state index in [1.165, 1.54) is 110 Å². The summed E-state index contributed by atoms with van der Waals surface area (Å²) in [5.74, 6) is 0. The summed E-state index contributed by atoms with van der Waals surface area (Å²) < 4.78 is 2.67. The highest BCUT2D eigenvalue weighted by Crippen LogP contribution is 2.63. The van der Waals surface area contributed by atoms with Gasteiger partial charge in [-0.15, -0.1) is 11.3 Å². The van der Waals surface area contributed by atoms with Crippen molar-refractivity contribution in [1.29, 1.82) is 0 Å². The molecule has 0 aliphatic heterocycles. The summed E-state index contributed by atoms with van der Waals surface area (Å²) in [6.07, 6.45) is 3.47. The lowest BCUT2D eigenvalue weighted by Gasteiger charge is -2.32. The van der Waals surface area contributed by atoms with E-state index in [1.54, 1.807) is 0 Å². The highest BCUT2D eigenvalue weighted by atomic mass is 32.1. The van der Waals surface area contributed by atoms with Crippen LogP contribution in [-0.2, 0) is 18.3 Å². The van der Waals surface area contributed by atoms with Gasteiger partial charge in [0.25, 0.3) is 0 Å². The molecule has 1 nitrogen and oxygen atoms in total. The van der Waals surface area contributed by atoms with Gasteiger partial charge in [-0.25, -0.2) is 0 Å². The van der Waals surface area contributed by atoms with Gasteiger partial charge in [0.05, 0.1) is 5.41 Å². The van der Waals surface area contributed by atoms with Crippen LogP contribution < -0.4 is 4.90 Å². The number of anilines is 3. The number of benzene rings is 8. The summed E-state index contributed by atoms with van der Waals surface area (Å²) in [7, 11) is 0. The van der Waals surface area contributed by atoms with Crippen molar-refractivity contribution >= 4 is 59.3 Å². The van der Waals surface area contributed by atoms with Gasteiger partial charge >= 0.3 is 0 Å². The van der Waals surface area contributed by atoms with Crippen LogP contribution in [-0.4, -0.2) is 0 Å². The van der Waals surface area contributed by atoms with Crippen molar-refractivity contribution in [2.75, 3.05) is 4.90 Å². The van der Waals surface area contributed by atoms with E-state index < -0.39 is 0 Å². The van der Waals surface area contributed by atoms with Crippen LogP contribution in [0.1, 0.15) is 39.8 Å². The molecule has 244 valence electrons. The van der Waals surface area contributed by atoms with Gasteiger partial charge in [0, 0.05) is 37.2 Å². The molecule has 0 bridgehead atoms. The first-order valence-corrected chi connectivity index (χ1v) is 19.3. The minimum absolute atomic E-state index is 0.379. The number of hydrogen-bond acceptors (Lipinski definition) is 2. The zero-order valence-corrected chi connectivity index (χ0v) is 29.4. The summed E-state index contributed by atoms with van der Waals surface area (Å²) in [5, 5.41) is 5.33. The van der Waals surface area contributed by atoms with Crippen LogP contribution in [0.5, 0.6) is 0 Å². The molecular formula is C50H33NS. The van der Waals surface area contributed by atoms with E-state index in [4.69, 9.17) is 0 Å². The quantitative estimate of drug-likeness (QED) is 0.180. The molecule has 2 heteroatoms. The SMILES string of the molecule is c1ccc2c(c1)-c1ccccc1C21c2ccccc2-c2ccc(N(c3ccc4c(c3)sc3ccc5ccccc5c34)c3cccc4c3CCC4)cc21. The fraction of sp³-hybridized carbons (Fsp3) is 0.0800. The van der Waals surface area contributed by atoms with Gasteiger partial charge in [0.1, 0.15) is 0 Å². The molecule has 3 aliphatic rings. The second kappa shape index (κ2) is 10.5. The Labute approximate surface area is 307 Å². The summed E-state index contributed by atoms with van der Waals surface area (Å²) in [4.78, 5) is 2.57. The van der Waals surface area contributed by atoms with Gasteiger partial charge in [0.15, 0.2) is 0 Å². The highest BCUT2D eigenvalue weighted by Gasteiger charge is 2.51. The lowest BCUT2D eigenvalue weighted by Crippen LogP contribution is -2.26. The Balaban J connectivity index is 1.13. The minimum atomic E-state index is -0.379. The first-order valence-electron chi connectivity index (χ1n) is 18.5. The van der Waals surface area contributed by atoms with E-state index in [2.05, 4.69) is 169 Å². The molecular weight excluding hydrogens is 647 g/mol. The Bertz CT molecular complexity index is 2900. The molecule has 12 rings (SSSR count). The Morgan fingerprint density at radius 3 is 1.88 bits per heavy atom. The molecule has 1 aromatic heterocycles. The molecule has 0 saturated heterocycles. The van der Waals surface area contributed by atoms with Crippen LogP contribution in [0, 0.1) is 0 Å². The van der Waals surface area contributed by atoms with Crippen molar-refractivity contribution in [2.24, 2.45) is 0 Å². The average molecular weight is 680 g/mol. The second-order valence-electron chi connectivity index (χ2n) is 14.7. The van der Waals surface area contributed by atoms with Crippen molar-refractivity contribution in [1.82, 2.24) is 0 Å². The Morgan fingerprint density at radius 1 is 0.462 bits per heavy atom. The van der Waals surface area contributed by atoms with Crippen molar-refractivity contribution in [3.05, 3.63) is 197 Å². The summed E-state index contributed by atoms with van der Waals surface area (Å²) >= 11 is 1.91. The molecule has 0 fully saturated rings. The minimum Gasteiger partial charge on any atom is -0.310 e. The molecule has 1 heterocycles. The Morgan fingerprint density at radius 2 is 1.12 bits per heavy atom. The maximum atomic E-state index is 2.57. The van der Waals surface area contributed by atoms with E-state index in [1.807, 2.05) is 11.3 Å². The summed E-state index contributed by atoms with van der Waals surface area (Å²) in [6.45, 7) is 0. The van der Waals surface area contributed by atoms with Crippen molar-refractivity contribution in [3.8, 4) is 22.3 Å². The lowest BCUT2D eigenvalue weighted by molar-refractivity contribution is 0.793. The van der Waals surface area contributed by atoms with Crippen LogP contribution in [0.4, 0.5) is 17.1 Å². The van der Waals surface area contributed by atoms with E-state index in [-0.39, 0.29) is 5.41 Å². The smallest absolute Gasteiger partial charge is 0.0726 e. The first kappa shape index (κ1) is 28.7. The zero-order valence-electron chi connectivity index (χ0n) is 28.6. The van der Waals surface area contributed by atoms with Gasteiger partial charge in [-0.3, -0.25) is 0 Å². The van der Waals surface area contributed by atoms with E-state index in [0.29, 0.717) is 0 Å². The number of fused-ring (bicyclic) bond motifs is 16. The van der Waals surface area contributed by atoms with Gasteiger partial charge in [0.2, 0.25) is 0 Å². The maximum absolute atomic E-state index is 2.57. The normalized spacial score (nSPS) is 14.5. The van der Waals surface area contributed by atoms with E-state index in [9.17, 15) is 0 Å². The molecule has 0 unspecified atom stereocenters. The molecule has 0 saturated carbocycles. The molecule has 0 amide bonds. The predicted octanol–water partition coefficient (Wildman–Crippen LogP) is 13.5. The topological polar surface area (TPSA) is 3.24 Å². The lowest BCUT2D eigenvalue weighted by atomic mass is 9.70. The molecule has 0 N–H and O–H groups in total. The van der Waals surface area contributed by atoms with Crippen molar-refractivity contribution in [3.63, 3.8) is 0 Å². The fourth-order valence-corrected chi connectivity index (χ4v) is 11.3. The van der Waals surface area contributed by atoms with E-state index >= 15 is 0 Å². The highest BCUT2D eigenvalue weighted by molar-refractivity contribution is 7.26. The van der Waals surface area contributed by atoms with Gasteiger partial charge in [-0.2, -0.15) is 0 Å². The van der Waals surface area contributed by atoms with Gasteiger partial charge < -0.3 is 4.90 Å². The molecule has 9 aromatic rings. The first-order chi connectivity index (χ1) is 25.8. The third-order valence-electron chi connectivity index (χ3n) is 12.2. The maximum Gasteiger partial charge on any atom is 0.0726 e. The molecule has 3 aliphatic carbocycles. The molecule has 0 radical (unpaired) electrons. The number of hydrogen-bond donors (Lipinski definition) is 0. The van der Waals surface area contributed by atoms with E-state index in [0.717, 1.165) is 12.8 Å². The largest absolute Gasteiger partial charge is 0.310 e. The van der Waals surface area contributed by atoms with Crippen LogP contribution in [0.2, 0.25) is 0 Å². The van der Waals surface area contributed by atoms with Gasteiger partial charge in [-0.05, 0) is 122 Å². The third-order valence-corrected chi connectivity index (χ3v) is 13.3. The molecule has 52 heavy (non-hydrogen) atoms. The monoisotopic (exact) mass is 679 g/mol. The average Bonchev–Trinajstić information content (AvgIpc) is 3.97. The Hall–Kier alpha value is -5.96. The molecule has 0 atom stereocenters. The zero-order chi connectivity index (χ0) is 34.0. The van der Waals surface area contributed by atoms with Crippen molar-refractivity contribution < 1.29 is 0 Å². The number of nitrogens with zero attached hydrogens (tertiary/aromatic N) is 1. The summed E-state index contributed by atoms with van der Waals surface area (Å²) in [5.41, 5.74) is 17.2. The van der Waals surface area contributed by atoms with Crippen LogP contribution in [0.15, 0.2) is 164 Å². The number of aryl methyl sites for hydroxylation is 1. The Kier molecular flexibility index (Phi) is 5.82. The molecule has 1 spiro atoms. The standard InChI is InChI=1S/C50H33NS/c1-2-14-36-32(11-1)23-28-47-49(36)41-27-25-34(30-48(41)52-47)51(46-22-10-13-31-12-9-18-35(31)46)33-24-26-40-39-17-5-8-21-44(39)50(45(40)29-33)42-19-6-3-15-37(42)38-16-4-7-20-43(38)50/h1-8,10-11,13-17,19-30H,9,12,18H2. The van der Waals surface area contributed by atoms with Crippen LogP contribution >= 0.6 is 11.3 Å². The predicted molar refractivity (Wildman–Crippen MR) is 220 cm³/mol. The van der Waals surface area contributed by atoms with Crippen LogP contribution in [0.25, 0.3) is 53.2 Å². The van der Waals surface area contributed by atoms with Crippen molar-refractivity contribution in [2.45, 2.75) is 24.7 Å². The fourth-order valence-electron chi connectivity index (χ4n) is 10.1.